The molecule has 1 saturated heterocycles. The molecule has 0 aromatic carbocycles. The van der Waals surface area contributed by atoms with Crippen molar-refractivity contribution in [1.29, 1.82) is 0 Å². The third-order valence-corrected chi connectivity index (χ3v) is 13.5. The van der Waals surface area contributed by atoms with Crippen LogP contribution < -0.4 is 0 Å². The smallest absolute Gasteiger partial charge is 0.188 e. The van der Waals surface area contributed by atoms with Gasteiger partial charge in [-0.3, -0.25) is 4.79 Å². The largest absolute Gasteiger partial charge is 0.396 e. The van der Waals surface area contributed by atoms with Crippen molar-refractivity contribution in [1.82, 2.24) is 4.57 Å². The average molecular weight is 602 g/mol. The first-order chi connectivity index (χ1) is 19.7. The Morgan fingerprint density at radius 1 is 0.800 bits per heavy atom. The Hall–Kier alpha value is 0.0769. The maximum Gasteiger partial charge on any atom is 0.188 e. The Balaban J connectivity index is 2.44. The molecule has 2 unspecified atom stereocenters. The van der Waals surface area contributed by atoms with Gasteiger partial charge in [0.1, 0.15) is 15.8 Å². The van der Waals surface area contributed by atoms with Crippen LogP contribution in [0.3, 0.4) is 0 Å². The standard InChI is InChI=1S/C33H67NO4SSi/c1-2-3-4-11-17-23-33(37)39-28-21-30-40-29-20-15-13-18-25-34(40)32(24-27-38-31-36)22-16-12-9-7-5-6-8-10-14-19-26-35/h32,35-36,40H,2-31H2,1H3. The van der Waals surface area contributed by atoms with Gasteiger partial charge < -0.3 is 19.5 Å². The molecule has 40 heavy (non-hydrogen) atoms. The molecule has 1 heterocycles. The minimum absolute atomic E-state index is 0.169. The van der Waals surface area contributed by atoms with E-state index < -0.39 is 8.96 Å². The van der Waals surface area contributed by atoms with Crippen molar-refractivity contribution in [2.45, 2.75) is 173 Å². The highest BCUT2D eigenvalue weighted by atomic mass is 32.2. The van der Waals surface area contributed by atoms with Crippen molar-refractivity contribution >= 4 is 25.8 Å². The summed E-state index contributed by atoms with van der Waals surface area (Å²) in [6.07, 6.45) is 28.6. The predicted octanol–water partition coefficient (Wildman–Crippen LogP) is 8.61. The van der Waals surface area contributed by atoms with E-state index in [-0.39, 0.29) is 6.79 Å². The highest BCUT2D eigenvalue weighted by molar-refractivity contribution is 8.13. The quantitative estimate of drug-likeness (QED) is 0.0558. The summed E-state index contributed by atoms with van der Waals surface area (Å²) in [5.74, 6) is 1.00. The van der Waals surface area contributed by atoms with Crippen LogP contribution in [0.2, 0.25) is 12.1 Å². The maximum absolute atomic E-state index is 12.4. The summed E-state index contributed by atoms with van der Waals surface area (Å²) in [7, 11) is -1.03. The molecule has 0 aliphatic carbocycles. The fourth-order valence-corrected chi connectivity index (χ4v) is 11.2. The van der Waals surface area contributed by atoms with Gasteiger partial charge >= 0.3 is 0 Å². The highest BCUT2D eigenvalue weighted by Crippen LogP contribution is 2.26. The maximum atomic E-state index is 12.4. The summed E-state index contributed by atoms with van der Waals surface area (Å²) >= 11 is 1.60. The Kier molecular flexibility index (Phi) is 27.8. The average Bonchev–Trinajstić information content (AvgIpc) is 2.94. The van der Waals surface area contributed by atoms with Gasteiger partial charge in [0.2, 0.25) is 0 Å². The van der Waals surface area contributed by atoms with Crippen molar-refractivity contribution < 1.29 is 19.7 Å². The van der Waals surface area contributed by atoms with Crippen LogP contribution in [0.25, 0.3) is 0 Å². The van der Waals surface area contributed by atoms with Crippen LogP contribution in [0.1, 0.15) is 155 Å². The van der Waals surface area contributed by atoms with E-state index in [9.17, 15) is 9.90 Å². The lowest BCUT2D eigenvalue weighted by Gasteiger charge is -2.39. The van der Waals surface area contributed by atoms with E-state index in [0.29, 0.717) is 24.4 Å². The second-order valence-corrected chi connectivity index (χ2v) is 16.4. The Bertz CT molecular complexity index is 557. The van der Waals surface area contributed by atoms with E-state index in [1.807, 2.05) is 0 Å². The van der Waals surface area contributed by atoms with Crippen LogP contribution in [0.15, 0.2) is 0 Å². The molecule has 1 aliphatic rings. The molecular weight excluding hydrogens is 535 g/mol. The van der Waals surface area contributed by atoms with Crippen molar-refractivity contribution in [2.75, 3.05) is 32.3 Å². The zero-order chi connectivity index (χ0) is 28.9. The first-order valence-electron chi connectivity index (χ1n) is 17.4. The van der Waals surface area contributed by atoms with Gasteiger partial charge in [-0.2, -0.15) is 0 Å². The van der Waals surface area contributed by atoms with Crippen LogP contribution in [0.5, 0.6) is 0 Å². The number of unbranched alkanes of at least 4 members (excludes halogenated alkanes) is 13. The molecule has 7 heteroatoms. The van der Waals surface area contributed by atoms with Gasteiger partial charge in [-0.15, -0.1) is 0 Å². The molecule has 1 rings (SSSR count). The lowest BCUT2D eigenvalue weighted by atomic mass is 10.0. The Morgan fingerprint density at radius 3 is 2.15 bits per heavy atom. The van der Waals surface area contributed by atoms with Crippen molar-refractivity contribution in [3.63, 3.8) is 0 Å². The first kappa shape index (κ1) is 38.1. The lowest BCUT2D eigenvalue weighted by molar-refractivity contribution is -0.111. The molecule has 238 valence electrons. The second-order valence-electron chi connectivity index (χ2n) is 12.1. The zero-order valence-electron chi connectivity index (χ0n) is 26.4. The van der Waals surface area contributed by atoms with Gasteiger partial charge in [0.25, 0.3) is 0 Å². The molecule has 0 aromatic rings. The second kappa shape index (κ2) is 29.2. The summed E-state index contributed by atoms with van der Waals surface area (Å²) in [4.78, 5) is 12.4. The molecule has 1 fully saturated rings. The van der Waals surface area contributed by atoms with Crippen LogP contribution >= 0.6 is 11.8 Å². The number of carbonyl (C=O) groups excluding carboxylic acids is 1. The number of aliphatic hydroxyl groups is 2. The van der Waals surface area contributed by atoms with Crippen molar-refractivity contribution in [3.8, 4) is 0 Å². The number of ether oxygens (including phenoxy) is 1. The highest BCUT2D eigenvalue weighted by Gasteiger charge is 2.27. The first-order valence-corrected chi connectivity index (χ1v) is 20.6. The summed E-state index contributed by atoms with van der Waals surface area (Å²) in [5.41, 5.74) is 0. The third-order valence-electron chi connectivity index (χ3n) is 8.70. The Morgan fingerprint density at radius 2 is 1.45 bits per heavy atom. The molecule has 0 aromatic heterocycles. The number of nitrogens with zero attached hydrogens (tertiary/aromatic N) is 1. The molecule has 0 amide bonds. The zero-order valence-corrected chi connectivity index (χ0v) is 28.4. The van der Waals surface area contributed by atoms with E-state index >= 15 is 0 Å². The van der Waals surface area contributed by atoms with Crippen molar-refractivity contribution in [3.05, 3.63) is 0 Å². The van der Waals surface area contributed by atoms with Gasteiger partial charge in [0.15, 0.2) is 5.12 Å². The predicted molar refractivity (Wildman–Crippen MR) is 177 cm³/mol. The summed E-state index contributed by atoms with van der Waals surface area (Å²) < 4.78 is 8.39. The van der Waals surface area contributed by atoms with E-state index in [1.54, 1.807) is 11.8 Å². The van der Waals surface area contributed by atoms with E-state index in [2.05, 4.69) is 11.5 Å². The van der Waals surface area contributed by atoms with Crippen LogP contribution in [0, 0.1) is 0 Å². The van der Waals surface area contributed by atoms with Gasteiger partial charge in [-0.25, -0.2) is 0 Å². The number of carbonyl (C=O) groups is 1. The monoisotopic (exact) mass is 601 g/mol. The SMILES string of the molecule is CCCCCCCC(=O)SCCC[SiH]1CCCCCCN1C(CCCCCCCCCCCCO)CCOCO. The number of thioether (sulfide) groups is 1. The molecule has 2 atom stereocenters. The van der Waals surface area contributed by atoms with Gasteiger partial charge in [0.05, 0.1) is 6.61 Å². The molecule has 0 saturated carbocycles. The number of hydrogen-bond acceptors (Lipinski definition) is 6. The fourth-order valence-electron chi connectivity index (χ4n) is 6.28. The summed E-state index contributed by atoms with van der Waals surface area (Å²) in [5, 5.41) is 18.5. The van der Waals surface area contributed by atoms with Crippen molar-refractivity contribution in [2.24, 2.45) is 0 Å². The minimum atomic E-state index is -1.03. The van der Waals surface area contributed by atoms with Crippen LogP contribution in [-0.2, 0) is 9.53 Å². The summed E-state index contributed by atoms with van der Waals surface area (Å²) in [6, 6.07) is 3.36. The van der Waals surface area contributed by atoms with Gasteiger partial charge in [-0.1, -0.05) is 121 Å². The number of hydrogen-bond donors (Lipinski definition) is 2. The molecule has 0 spiro atoms. The molecule has 0 radical (unpaired) electrons. The minimum Gasteiger partial charge on any atom is -0.396 e. The molecule has 5 nitrogen and oxygen atoms in total. The van der Waals surface area contributed by atoms with Gasteiger partial charge in [-0.05, 0) is 57.2 Å². The van der Waals surface area contributed by atoms with E-state index in [0.717, 1.165) is 31.4 Å². The topological polar surface area (TPSA) is 70.0 Å². The lowest BCUT2D eigenvalue weighted by Crippen LogP contribution is -2.48. The fraction of sp³-hybridized carbons (Fsp3) is 0.970. The third kappa shape index (κ3) is 21.7. The van der Waals surface area contributed by atoms with Crippen LogP contribution in [0.4, 0.5) is 0 Å². The molecular formula is C33H67NO4SSi. The molecule has 2 N–H and O–H groups in total. The Labute approximate surface area is 254 Å². The number of rotatable bonds is 27. The van der Waals surface area contributed by atoms with Crippen LogP contribution in [-0.4, -0.2) is 67.2 Å². The van der Waals surface area contributed by atoms with E-state index in [1.165, 1.54) is 141 Å². The van der Waals surface area contributed by atoms with Gasteiger partial charge in [0, 0.05) is 24.8 Å². The van der Waals surface area contributed by atoms with E-state index in [4.69, 9.17) is 9.84 Å². The summed E-state index contributed by atoms with van der Waals surface area (Å²) in [6.45, 7) is 4.32. The number of aliphatic hydroxyl groups excluding tert-OH is 2. The molecule has 1 aliphatic heterocycles. The normalized spacial score (nSPS) is 17.5. The molecule has 0 bridgehead atoms.